The third-order valence-corrected chi connectivity index (χ3v) is 6.54. The summed E-state index contributed by atoms with van der Waals surface area (Å²) in [6, 6.07) is 9.20. The van der Waals surface area contributed by atoms with Gasteiger partial charge in [-0.25, -0.2) is 9.78 Å². The minimum Gasteiger partial charge on any atom is -0.458 e. The lowest BCUT2D eigenvalue weighted by atomic mass is 9.86. The Bertz CT molecular complexity index is 1530. The molecule has 0 saturated carbocycles. The van der Waals surface area contributed by atoms with E-state index < -0.39 is 11.6 Å². The van der Waals surface area contributed by atoms with Crippen LogP contribution >= 0.6 is 0 Å². The molecule has 1 aromatic carbocycles. The van der Waals surface area contributed by atoms with E-state index in [1.54, 1.807) is 17.6 Å². The van der Waals surface area contributed by atoms with Gasteiger partial charge in [-0.3, -0.25) is 9.59 Å². The Morgan fingerprint density at radius 3 is 2.92 bits per heavy atom. The Balaban J connectivity index is 1.59. The van der Waals surface area contributed by atoms with E-state index in [1.807, 2.05) is 24.3 Å². The normalized spacial score (nSPS) is 17.5. The molecule has 0 unspecified atom stereocenters. The van der Waals surface area contributed by atoms with E-state index in [9.17, 15) is 19.5 Å². The summed E-state index contributed by atoms with van der Waals surface area (Å²) in [4.78, 5) is 41.9. The molecule has 0 saturated heterocycles. The Labute approximate surface area is 206 Å². The number of amides is 1. The fraction of sp³-hybridized carbons (Fsp3) is 0.308. The zero-order valence-electron chi connectivity index (χ0n) is 19.6. The summed E-state index contributed by atoms with van der Waals surface area (Å²) in [6.07, 6.45) is 0.0716. The Hall–Kier alpha value is -4.04. The van der Waals surface area contributed by atoms with Gasteiger partial charge in [0.05, 0.1) is 35.6 Å². The van der Waals surface area contributed by atoms with Crippen LogP contribution in [-0.2, 0) is 37.8 Å². The van der Waals surface area contributed by atoms with Gasteiger partial charge in [-0.05, 0) is 18.6 Å². The number of aromatic nitrogens is 2. The van der Waals surface area contributed by atoms with Gasteiger partial charge in [0, 0.05) is 22.1 Å². The number of pyridine rings is 2. The number of hydrogen-bond donors (Lipinski definition) is 3. The first kappa shape index (κ1) is 23.7. The number of aliphatic hydroxyl groups is 1. The minimum absolute atomic E-state index is 0.00652. The Morgan fingerprint density at radius 2 is 2.14 bits per heavy atom. The van der Waals surface area contributed by atoms with Crippen molar-refractivity contribution in [3.8, 4) is 23.2 Å². The smallest absolute Gasteiger partial charge is 0.343 e. The van der Waals surface area contributed by atoms with Crippen molar-refractivity contribution in [1.29, 1.82) is 0 Å². The molecule has 0 aliphatic carbocycles. The van der Waals surface area contributed by atoms with Crippen molar-refractivity contribution < 1.29 is 24.2 Å². The van der Waals surface area contributed by atoms with Crippen molar-refractivity contribution in [1.82, 2.24) is 14.9 Å². The van der Waals surface area contributed by atoms with Crippen molar-refractivity contribution in [2.75, 3.05) is 19.9 Å². The highest BCUT2D eigenvalue weighted by Crippen LogP contribution is 2.39. The predicted octanol–water partition coefficient (Wildman–Crippen LogP) is 0.480. The van der Waals surface area contributed by atoms with E-state index in [0.29, 0.717) is 22.5 Å². The summed E-state index contributed by atoms with van der Waals surface area (Å²) < 4.78 is 12.1. The summed E-state index contributed by atoms with van der Waals surface area (Å²) >= 11 is 0. The van der Waals surface area contributed by atoms with Crippen LogP contribution in [0, 0.1) is 11.8 Å². The molecule has 3 aromatic rings. The van der Waals surface area contributed by atoms with E-state index in [4.69, 9.17) is 20.2 Å². The van der Waals surface area contributed by atoms with Crippen molar-refractivity contribution >= 4 is 22.8 Å². The molecule has 5 rings (SSSR count). The van der Waals surface area contributed by atoms with Gasteiger partial charge >= 0.3 is 5.97 Å². The molecule has 0 fully saturated rings. The highest BCUT2D eigenvalue weighted by Gasteiger charge is 2.45. The number of rotatable bonds is 5. The largest absolute Gasteiger partial charge is 0.458 e. The van der Waals surface area contributed by atoms with E-state index in [2.05, 4.69) is 17.2 Å². The molecule has 0 spiro atoms. The maximum atomic E-state index is 13.4. The molecule has 10 heteroatoms. The van der Waals surface area contributed by atoms with Crippen LogP contribution in [0.25, 0.3) is 22.3 Å². The van der Waals surface area contributed by atoms with Crippen LogP contribution in [0.3, 0.4) is 0 Å². The fourth-order valence-electron chi connectivity index (χ4n) is 4.60. The number of para-hydroxylation sites is 1. The molecule has 2 aliphatic heterocycles. The number of carbonyl (C=O) groups is 2. The van der Waals surface area contributed by atoms with Crippen molar-refractivity contribution in [2.45, 2.75) is 32.1 Å². The predicted molar refractivity (Wildman–Crippen MR) is 129 cm³/mol. The molecule has 184 valence electrons. The van der Waals surface area contributed by atoms with Crippen LogP contribution in [0.5, 0.6) is 0 Å². The van der Waals surface area contributed by atoms with Crippen molar-refractivity contribution in [2.24, 2.45) is 5.73 Å². The maximum absolute atomic E-state index is 13.4. The van der Waals surface area contributed by atoms with Gasteiger partial charge in [0.2, 0.25) is 5.91 Å². The standard InChI is InChI=1S/C26H24N4O6/c1-2-26(34)19-10-21-23-17(12-30(21)24(32)18(19)13-36-25(26)33)15(16-6-3-4-8-20(16)29-23)7-5-9-35-14-28-22(31)11-27/h3-4,6,8,10,34H,2,9,11-14,27H2,1H3,(H,28,31)/t26-/m0/s1. The zero-order chi connectivity index (χ0) is 25.4. The number of nitrogens with one attached hydrogen (secondary N) is 1. The van der Waals surface area contributed by atoms with Gasteiger partial charge in [0.15, 0.2) is 5.60 Å². The summed E-state index contributed by atoms with van der Waals surface area (Å²) in [7, 11) is 0. The average Bonchev–Trinajstić information content (AvgIpc) is 3.26. The van der Waals surface area contributed by atoms with Gasteiger partial charge in [0.1, 0.15) is 19.9 Å². The van der Waals surface area contributed by atoms with Crippen LogP contribution in [0.15, 0.2) is 35.1 Å². The third kappa shape index (κ3) is 3.74. The van der Waals surface area contributed by atoms with Crippen LogP contribution in [0.4, 0.5) is 0 Å². The molecule has 10 nitrogen and oxygen atoms in total. The average molecular weight is 489 g/mol. The molecule has 1 amide bonds. The van der Waals surface area contributed by atoms with Crippen LogP contribution in [0.1, 0.15) is 35.6 Å². The third-order valence-electron chi connectivity index (χ3n) is 6.54. The van der Waals surface area contributed by atoms with Crippen LogP contribution in [0.2, 0.25) is 0 Å². The second-order valence-electron chi connectivity index (χ2n) is 8.53. The monoisotopic (exact) mass is 488 g/mol. The molecule has 0 bridgehead atoms. The molecule has 4 heterocycles. The van der Waals surface area contributed by atoms with Gasteiger partial charge < -0.3 is 30.2 Å². The van der Waals surface area contributed by atoms with Crippen molar-refractivity contribution in [3.63, 3.8) is 0 Å². The van der Waals surface area contributed by atoms with Crippen LogP contribution in [-0.4, -0.2) is 46.4 Å². The first-order chi connectivity index (χ1) is 17.4. The fourth-order valence-corrected chi connectivity index (χ4v) is 4.60. The van der Waals surface area contributed by atoms with Gasteiger partial charge in [-0.1, -0.05) is 37.0 Å². The summed E-state index contributed by atoms with van der Waals surface area (Å²) in [5, 5.41) is 14.4. The molecule has 1 atom stereocenters. The summed E-state index contributed by atoms with van der Waals surface area (Å²) in [6.45, 7) is 1.66. The Morgan fingerprint density at radius 1 is 1.33 bits per heavy atom. The maximum Gasteiger partial charge on any atom is 0.343 e. The summed E-state index contributed by atoms with van der Waals surface area (Å²) in [5.74, 6) is 5.03. The number of hydrogen-bond acceptors (Lipinski definition) is 8. The van der Waals surface area contributed by atoms with Gasteiger partial charge in [0.25, 0.3) is 5.56 Å². The van der Waals surface area contributed by atoms with E-state index in [-0.39, 0.29) is 62.0 Å². The lowest BCUT2D eigenvalue weighted by molar-refractivity contribution is -0.172. The van der Waals surface area contributed by atoms with E-state index in [0.717, 1.165) is 10.9 Å². The first-order valence-electron chi connectivity index (χ1n) is 11.5. The number of ether oxygens (including phenoxy) is 2. The highest BCUT2D eigenvalue weighted by atomic mass is 16.6. The number of esters is 1. The molecule has 2 aromatic heterocycles. The first-order valence-corrected chi connectivity index (χ1v) is 11.5. The molecule has 4 N–H and O–H groups in total. The second kappa shape index (κ2) is 9.20. The SMILES string of the molecule is CC[C@@]1(O)C(=O)OCc2c1cc1n(c2=O)Cc2c-1nc1ccccc1c2C#CCOCNC(=O)CN. The Kier molecular flexibility index (Phi) is 6.05. The molecule has 36 heavy (non-hydrogen) atoms. The number of benzene rings is 1. The second-order valence-corrected chi connectivity index (χ2v) is 8.53. The lowest BCUT2D eigenvalue weighted by Gasteiger charge is -2.31. The number of nitrogens with two attached hydrogens (primary N) is 1. The molecular weight excluding hydrogens is 464 g/mol. The zero-order valence-corrected chi connectivity index (χ0v) is 19.6. The number of fused-ring (bicyclic) bond motifs is 5. The van der Waals surface area contributed by atoms with E-state index in [1.165, 1.54) is 0 Å². The topological polar surface area (TPSA) is 146 Å². The van der Waals surface area contributed by atoms with Crippen LogP contribution < -0.4 is 16.6 Å². The molecule has 2 aliphatic rings. The molecular formula is C26H24N4O6. The number of carbonyl (C=O) groups excluding carboxylic acids is 2. The quantitative estimate of drug-likeness (QED) is 0.159. The van der Waals surface area contributed by atoms with Gasteiger partial charge in [-0.2, -0.15) is 0 Å². The highest BCUT2D eigenvalue weighted by molar-refractivity contribution is 5.91. The summed E-state index contributed by atoms with van der Waals surface area (Å²) in [5.41, 5.74) is 6.83. The molecule has 0 radical (unpaired) electrons. The number of cyclic esters (lactones) is 1. The van der Waals surface area contributed by atoms with E-state index >= 15 is 0 Å². The number of nitrogens with zero attached hydrogens (tertiary/aromatic N) is 2. The van der Waals surface area contributed by atoms with Gasteiger partial charge in [-0.15, -0.1) is 0 Å². The van der Waals surface area contributed by atoms with Crippen molar-refractivity contribution in [3.05, 3.63) is 62.9 Å². The lowest BCUT2D eigenvalue weighted by Crippen LogP contribution is -2.44. The minimum atomic E-state index is -1.89.